The van der Waals surface area contributed by atoms with E-state index in [2.05, 4.69) is 20.8 Å². The molecule has 3 N–H and O–H groups in total. The molecule has 27 heavy (non-hydrogen) atoms. The molecule has 3 rings (SSSR count). The summed E-state index contributed by atoms with van der Waals surface area (Å²) in [5.74, 6) is -0.727. The molecule has 0 fully saturated rings. The highest BCUT2D eigenvalue weighted by Crippen LogP contribution is 2.22. The summed E-state index contributed by atoms with van der Waals surface area (Å²) in [6.07, 6.45) is 1.34. The van der Waals surface area contributed by atoms with Crippen molar-refractivity contribution < 1.29 is 9.59 Å². The summed E-state index contributed by atoms with van der Waals surface area (Å²) in [6.45, 7) is 3.99. The van der Waals surface area contributed by atoms with E-state index in [1.165, 1.54) is 12.3 Å². The van der Waals surface area contributed by atoms with Crippen LogP contribution in [0.1, 0.15) is 33.2 Å². The molecule has 7 nitrogen and oxygen atoms in total. The van der Waals surface area contributed by atoms with E-state index in [1.54, 1.807) is 13.0 Å². The first-order valence-electron chi connectivity index (χ1n) is 8.58. The van der Waals surface area contributed by atoms with Crippen LogP contribution < -0.4 is 16.2 Å². The molecule has 0 spiro atoms. The fourth-order valence-corrected chi connectivity index (χ4v) is 2.86. The molecule has 1 heterocycles. The maximum Gasteiger partial charge on any atom is 0.277 e. The number of aromatic nitrogens is 2. The van der Waals surface area contributed by atoms with Crippen LogP contribution in [-0.2, 0) is 0 Å². The summed E-state index contributed by atoms with van der Waals surface area (Å²) < 4.78 is 0. The average Bonchev–Trinajstić information content (AvgIpc) is 2.67. The molecule has 0 radical (unpaired) electrons. The van der Waals surface area contributed by atoms with Crippen LogP contribution in [0.3, 0.4) is 0 Å². The number of carbonyl (C=O) groups excluding carboxylic acids is 2. The first-order chi connectivity index (χ1) is 13.0. The molecule has 0 aliphatic carbocycles. The van der Waals surface area contributed by atoms with Gasteiger partial charge in [0.05, 0.1) is 0 Å². The van der Waals surface area contributed by atoms with E-state index < -0.39 is 11.5 Å². The first-order valence-corrected chi connectivity index (χ1v) is 8.58. The fourth-order valence-electron chi connectivity index (χ4n) is 2.86. The minimum absolute atomic E-state index is 0.0206. The van der Waals surface area contributed by atoms with Crippen LogP contribution in [0.5, 0.6) is 0 Å². The van der Waals surface area contributed by atoms with Gasteiger partial charge in [0.25, 0.3) is 17.4 Å². The lowest BCUT2D eigenvalue weighted by atomic mass is 10.00. The Hall–Kier alpha value is -3.48. The zero-order chi connectivity index (χ0) is 19.4. The molecule has 2 amide bonds. The van der Waals surface area contributed by atoms with Crippen molar-refractivity contribution in [1.82, 2.24) is 20.8 Å². The standard InChI is InChI=1S/C20H20N4O3/c1-12-7-8-16(15-6-4-3-5-14(12)15)18(25)21-11-13(2)23-19(26)17-9-10-22-24-20(17)27/h3-10,13H,11H2,1-2H3,(H,21,25)(H,23,26)(H,24,27)/t13-/m1/s1. The second-order valence-corrected chi connectivity index (χ2v) is 6.36. The van der Waals surface area contributed by atoms with Crippen molar-refractivity contribution in [3.8, 4) is 0 Å². The third-order valence-electron chi connectivity index (χ3n) is 4.30. The number of hydrogen-bond donors (Lipinski definition) is 3. The van der Waals surface area contributed by atoms with Gasteiger partial charge in [0.1, 0.15) is 5.56 Å². The zero-order valence-electron chi connectivity index (χ0n) is 15.1. The van der Waals surface area contributed by atoms with Gasteiger partial charge in [-0.1, -0.05) is 30.3 Å². The maximum absolute atomic E-state index is 12.6. The number of amides is 2. The van der Waals surface area contributed by atoms with Gasteiger partial charge in [0, 0.05) is 24.3 Å². The number of carbonyl (C=O) groups is 2. The molecule has 3 aromatic rings. The van der Waals surface area contributed by atoms with Crippen molar-refractivity contribution in [3.63, 3.8) is 0 Å². The molecule has 2 aromatic carbocycles. The smallest absolute Gasteiger partial charge is 0.277 e. The van der Waals surface area contributed by atoms with Gasteiger partial charge in [-0.05, 0) is 42.3 Å². The fraction of sp³-hybridized carbons (Fsp3) is 0.200. The molecular weight excluding hydrogens is 344 g/mol. The average molecular weight is 364 g/mol. The highest BCUT2D eigenvalue weighted by Gasteiger charge is 2.15. The molecule has 0 aliphatic rings. The Morgan fingerprint density at radius 3 is 2.52 bits per heavy atom. The van der Waals surface area contributed by atoms with Crippen molar-refractivity contribution in [2.75, 3.05) is 6.54 Å². The Balaban J connectivity index is 1.66. The second kappa shape index (κ2) is 7.82. The van der Waals surface area contributed by atoms with E-state index >= 15 is 0 Å². The normalized spacial score (nSPS) is 11.8. The van der Waals surface area contributed by atoms with Crippen LogP contribution in [0.2, 0.25) is 0 Å². The van der Waals surface area contributed by atoms with Gasteiger partial charge in [-0.2, -0.15) is 5.10 Å². The molecule has 138 valence electrons. The highest BCUT2D eigenvalue weighted by atomic mass is 16.2. The Labute approximate surface area is 155 Å². The van der Waals surface area contributed by atoms with Gasteiger partial charge in [-0.25, -0.2) is 5.10 Å². The van der Waals surface area contributed by atoms with E-state index in [4.69, 9.17) is 0 Å². The van der Waals surface area contributed by atoms with Crippen LogP contribution in [0, 0.1) is 6.92 Å². The van der Waals surface area contributed by atoms with Gasteiger partial charge in [0.2, 0.25) is 0 Å². The van der Waals surface area contributed by atoms with Gasteiger partial charge in [0.15, 0.2) is 0 Å². The number of H-pyrrole nitrogens is 1. The molecule has 7 heteroatoms. The molecular formula is C20H20N4O3. The molecule has 0 bridgehead atoms. The number of fused-ring (bicyclic) bond motifs is 1. The monoisotopic (exact) mass is 364 g/mol. The van der Waals surface area contributed by atoms with Crippen molar-refractivity contribution in [1.29, 1.82) is 0 Å². The number of aromatic amines is 1. The molecule has 0 aliphatic heterocycles. The van der Waals surface area contributed by atoms with Crippen LogP contribution in [0.25, 0.3) is 10.8 Å². The highest BCUT2D eigenvalue weighted by molar-refractivity contribution is 6.07. The van der Waals surface area contributed by atoms with Crippen LogP contribution in [-0.4, -0.2) is 34.6 Å². The first kappa shape index (κ1) is 18.3. The number of benzene rings is 2. The quantitative estimate of drug-likeness (QED) is 0.642. The lowest BCUT2D eigenvalue weighted by molar-refractivity contribution is 0.0912. The Kier molecular flexibility index (Phi) is 5.30. The maximum atomic E-state index is 12.6. The summed E-state index contributed by atoms with van der Waals surface area (Å²) >= 11 is 0. The van der Waals surface area contributed by atoms with Gasteiger partial charge in [-0.3, -0.25) is 14.4 Å². The number of rotatable bonds is 5. The third kappa shape index (κ3) is 4.03. The molecule has 0 saturated carbocycles. The summed E-state index contributed by atoms with van der Waals surface area (Å²) in [6, 6.07) is 12.4. The molecule has 1 atom stereocenters. The van der Waals surface area contributed by atoms with E-state index in [0.29, 0.717) is 5.56 Å². The minimum Gasteiger partial charge on any atom is -0.350 e. The molecule has 0 unspecified atom stereocenters. The summed E-state index contributed by atoms with van der Waals surface area (Å²) in [5.41, 5.74) is 1.11. The van der Waals surface area contributed by atoms with Crippen molar-refractivity contribution in [3.05, 3.63) is 75.7 Å². The summed E-state index contributed by atoms with van der Waals surface area (Å²) in [7, 11) is 0. The summed E-state index contributed by atoms with van der Waals surface area (Å²) in [5, 5.41) is 13.2. The van der Waals surface area contributed by atoms with Crippen molar-refractivity contribution >= 4 is 22.6 Å². The number of nitrogens with zero attached hydrogens (tertiary/aromatic N) is 1. The topological polar surface area (TPSA) is 104 Å². The van der Waals surface area contributed by atoms with Gasteiger partial charge < -0.3 is 10.6 Å². The lowest BCUT2D eigenvalue weighted by Crippen LogP contribution is -2.43. The third-order valence-corrected chi connectivity index (χ3v) is 4.30. The van der Waals surface area contributed by atoms with Crippen LogP contribution in [0.15, 0.2) is 53.5 Å². The largest absolute Gasteiger partial charge is 0.350 e. The Morgan fingerprint density at radius 1 is 1.04 bits per heavy atom. The van der Waals surface area contributed by atoms with Crippen molar-refractivity contribution in [2.45, 2.75) is 19.9 Å². The van der Waals surface area contributed by atoms with E-state index in [-0.39, 0.29) is 24.1 Å². The van der Waals surface area contributed by atoms with E-state index in [1.807, 2.05) is 37.3 Å². The van der Waals surface area contributed by atoms with E-state index in [0.717, 1.165) is 16.3 Å². The molecule has 0 saturated heterocycles. The van der Waals surface area contributed by atoms with E-state index in [9.17, 15) is 14.4 Å². The van der Waals surface area contributed by atoms with Crippen molar-refractivity contribution in [2.24, 2.45) is 0 Å². The zero-order valence-corrected chi connectivity index (χ0v) is 15.1. The number of aryl methyl sites for hydroxylation is 1. The Morgan fingerprint density at radius 2 is 1.78 bits per heavy atom. The van der Waals surface area contributed by atoms with Crippen LogP contribution in [0.4, 0.5) is 0 Å². The predicted octanol–water partition coefficient (Wildman–Crippen LogP) is 1.78. The van der Waals surface area contributed by atoms with Gasteiger partial charge in [-0.15, -0.1) is 0 Å². The second-order valence-electron chi connectivity index (χ2n) is 6.36. The van der Waals surface area contributed by atoms with Crippen LogP contribution >= 0.6 is 0 Å². The predicted molar refractivity (Wildman–Crippen MR) is 103 cm³/mol. The summed E-state index contributed by atoms with van der Waals surface area (Å²) in [4.78, 5) is 36.3. The lowest BCUT2D eigenvalue weighted by Gasteiger charge is -2.15. The minimum atomic E-state index is -0.558. The number of nitrogens with one attached hydrogen (secondary N) is 3. The number of hydrogen-bond acceptors (Lipinski definition) is 4. The SMILES string of the molecule is Cc1ccc(C(=O)NC[C@@H](C)NC(=O)c2ccn[nH]c2=O)c2ccccc12. The molecule has 1 aromatic heterocycles. The Bertz CT molecular complexity index is 1060. The van der Waals surface area contributed by atoms with Gasteiger partial charge >= 0.3 is 0 Å².